The number of fused-ring (bicyclic) bond motifs is 3. The van der Waals surface area contributed by atoms with Gasteiger partial charge in [0.1, 0.15) is 5.52 Å². The number of nitrogens with zero attached hydrogens (tertiary/aromatic N) is 4. The Morgan fingerprint density at radius 1 is 0.944 bits per heavy atom. The highest BCUT2D eigenvalue weighted by Crippen LogP contribution is 2.29. The molecule has 4 aromatic rings. The number of amides is 1. The van der Waals surface area contributed by atoms with E-state index in [-0.39, 0.29) is 5.91 Å². The SMILES string of the molecule is CCCCCCNC(=O)CCCCSc1nnc2c3cc(C)ccc3n(Cc3ccc(C)cc3)c2n1. The Balaban J connectivity index is 1.39. The first-order valence-corrected chi connectivity index (χ1v) is 14.1. The molecule has 0 aliphatic heterocycles. The van der Waals surface area contributed by atoms with Crippen molar-refractivity contribution in [1.82, 2.24) is 25.1 Å². The third-order valence-corrected chi connectivity index (χ3v) is 7.37. The van der Waals surface area contributed by atoms with Crippen LogP contribution >= 0.6 is 11.8 Å². The molecular formula is C29H37N5OS. The van der Waals surface area contributed by atoms with Crippen LogP contribution in [0.1, 0.15) is 68.6 Å². The van der Waals surface area contributed by atoms with Gasteiger partial charge in [-0.05, 0) is 50.8 Å². The fraction of sp³-hybridized carbons (Fsp3) is 0.448. The number of hydrogen-bond acceptors (Lipinski definition) is 5. The number of nitrogens with one attached hydrogen (secondary N) is 1. The number of rotatable bonds is 13. The van der Waals surface area contributed by atoms with Crippen molar-refractivity contribution in [3.8, 4) is 0 Å². The predicted octanol–water partition coefficient (Wildman–Crippen LogP) is 6.60. The predicted molar refractivity (Wildman–Crippen MR) is 150 cm³/mol. The second kappa shape index (κ2) is 12.9. The molecule has 6 nitrogen and oxygen atoms in total. The van der Waals surface area contributed by atoms with Gasteiger partial charge in [0.2, 0.25) is 11.1 Å². The minimum Gasteiger partial charge on any atom is -0.356 e. The van der Waals surface area contributed by atoms with Crippen molar-refractivity contribution < 1.29 is 4.79 Å². The third kappa shape index (κ3) is 6.84. The molecule has 1 amide bonds. The van der Waals surface area contributed by atoms with E-state index in [1.807, 2.05) is 0 Å². The molecule has 0 aliphatic rings. The number of carbonyl (C=O) groups excluding carboxylic acids is 1. The van der Waals surface area contributed by atoms with Crippen LogP contribution in [0.5, 0.6) is 0 Å². The monoisotopic (exact) mass is 503 g/mol. The lowest BCUT2D eigenvalue weighted by molar-refractivity contribution is -0.121. The van der Waals surface area contributed by atoms with Crippen LogP contribution in [0.3, 0.4) is 0 Å². The highest BCUT2D eigenvalue weighted by molar-refractivity contribution is 7.99. The summed E-state index contributed by atoms with van der Waals surface area (Å²) in [5, 5.41) is 13.8. The van der Waals surface area contributed by atoms with Gasteiger partial charge in [0.05, 0.1) is 5.52 Å². The molecule has 2 aromatic heterocycles. The van der Waals surface area contributed by atoms with Gasteiger partial charge in [-0.3, -0.25) is 4.79 Å². The molecule has 0 aliphatic carbocycles. The molecular weight excluding hydrogens is 466 g/mol. The summed E-state index contributed by atoms with van der Waals surface area (Å²) in [5.41, 5.74) is 6.53. The Bertz CT molecular complexity index is 1300. The van der Waals surface area contributed by atoms with E-state index in [4.69, 9.17) is 4.98 Å². The molecule has 0 spiro atoms. The molecule has 7 heteroatoms. The van der Waals surface area contributed by atoms with Gasteiger partial charge in [0.25, 0.3) is 0 Å². The quantitative estimate of drug-likeness (QED) is 0.164. The second-order valence-electron chi connectivity index (χ2n) is 9.58. The first kappa shape index (κ1) is 26.1. The van der Waals surface area contributed by atoms with Gasteiger partial charge in [0.15, 0.2) is 5.65 Å². The topological polar surface area (TPSA) is 72.7 Å². The summed E-state index contributed by atoms with van der Waals surface area (Å²) in [6, 6.07) is 15.1. The molecule has 0 saturated carbocycles. The maximum Gasteiger partial charge on any atom is 0.219 e. The highest BCUT2D eigenvalue weighted by atomic mass is 32.2. The molecule has 36 heavy (non-hydrogen) atoms. The average Bonchev–Trinajstić information content (AvgIpc) is 3.17. The maximum absolute atomic E-state index is 12.0. The average molecular weight is 504 g/mol. The van der Waals surface area contributed by atoms with Crippen LogP contribution in [0, 0.1) is 13.8 Å². The molecule has 0 saturated heterocycles. The van der Waals surface area contributed by atoms with Crippen molar-refractivity contribution in [2.24, 2.45) is 0 Å². The van der Waals surface area contributed by atoms with Gasteiger partial charge in [-0.15, -0.1) is 10.2 Å². The largest absolute Gasteiger partial charge is 0.356 e. The van der Waals surface area contributed by atoms with Crippen molar-refractivity contribution in [3.63, 3.8) is 0 Å². The molecule has 0 radical (unpaired) electrons. The van der Waals surface area contributed by atoms with Gasteiger partial charge < -0.3 is 9.88 Å². The standard InChI is InChI=1S/C29H37N5OS/c1-4-5-6-8-17-30-26(35)10-7-9-18-36-29-31-28-27(32-33-29)24-19-22(3)13-16-25(24)34(28)20-23-14-11-21(2)12-15-23/h11-16,19H,4-10,17-18,20H2,1-3H3,(H,30,35). The first-order chi connectivity index (χ1) is 17.5. The van der Waals surface area contributed by atoms with Crippen LogP contribution < -0.4 is 5.32 Å². The summed E-state index contributed by atoms with van der Waals surface area (Å²) in [7, 11) is 0. The highest BCUT2D eigenvalue weighted by Gasteiger charge is 2.16. The fourth-order valence-electron chi connectivity index (χ4n) is 4.37. The third-order valence-electron chi connectivity index (χ3n) is 6.45. The summed E-state index contributed by atoms with van der Waals surface area (Å²) < 4.78 is 2.25. The van der Waals surface area contributed by atoms with Crippen LogP contribution in [0.4, 0.5) is 0 Å². The number of aromatic nitrogens is 4. The number of benzene rings is 2. The van der Waals surface area contributed by atoms with Gasteiger partial charge in [0, 0.05) is 30.6 Å². The number of thioether (sulfide) groups is 1. The Labute approximate surface area is 218 Å². The lowest BCUT2D eigenvalue weighted by Crippen LogP contribution is -2.23. The first-order valence-electron chi connectivity index (χ1n) is 13.1. The van der Waals surface area contributed by atoms with Crippen molar-refractivity contribution in [2.75, 3.05) is 12.3 Å². The zero-order valence-electron chi connectivity index (χ0n) is 21.7. The molecule has 1 N–H and O–H groups in total. The van der Waals surface area contributed by atoms with E-state index in [0.717, 1.165) is 60.2 Å². The minimum atomic E-state index is 0.159. The Morgan fingerprint density at radius 2 is 1.75 bits per heavy atom. The lowest BCUT2D eigenvalue weighted by atomic mass is 10.1. The number of carbonyl (C=O) groups is 1. The van der Waals surface area contributed by atoms with E-state index in [9.17, 15) is 4.79 Å². The Hall–Kier alpha value is -2.93. The molecule has 0 unspecified atom stereocenters. The zero-order chi connectivity index (χ0) is 25.3. The van der Waals surface area contributed by atoms with Crippen LogP contribution in [-0.2, 0) is 11.3 Å². The molecule has 190 valence electrons. The van der Waals surface area contributed by atoms with Crippen molar-refractivity contribution in [2.45, 2.75) is 77.4 Å². The molecule has 2 aromatic carbocycles. The smallest absolute Gasteiger partial charge is 0.219 e. The van der Waals surface area contributed by atoms with Gasteiger partial charge in [-0.2, -0.15) is 0 Å². The molecule has 4 rings (SSSR count). The van der Waals surface area contributed by atoms with E-state index in [0.29, 0.717) is 11.6 Å². The molecule has 2 heterocycles. The second-order valence-corrected chi connectivity index (χ2v) is 10.6. The number of aryl methyl sites for hydroxylation is 2. The molecule has 0 bridgehead atoms. The number of hydrogen-bond donors (Lipinski definition) is 1. The van der Waals surface area contributed by atoms with E-state index >= 15 is 0 Å². The molecule has 0 fully saturated rings. The minimum absolute atomic E-state index is 0.159. The van der Waals surface area contributed by atoms with Crippen molar-refractivity contribution in [3.05, 3.63) is 59.2 Å². The normalized spacial score (nSPS) is 11.4. The summed E-state index contributed by atoms with van der Waals surface area (Å²) >= 11 is 1.61. The fourth-order valence-corrected chi connectivity index (χ4v) is 5.15. The van der Waals surface area contributed by atoms with E-state index in [2.05, 4.69) is 83.3 Å². The van der Waals surface area contributed by atoms with Gasteiger partial charge in [-0.1, -0.05) is 79.4 Å². The van der Waals surface area contributed by atoms with E-state index in [1.165, 1.54) is 36.0 Å². The van der Waals surface area contributed by atoms with Crippen molar-refractivity contribution in [1.29, 1.82) is 0 Å². The van der Waals surface area contributed by atoms with Crippen LogP contribution in [0.25, 0.3) is 22.1 Å². The van der Waals surface area contributed by atoms with E-state index < -0.39 is 0 Å². The van der Waals surface area contributed by atoms with Crippen LogP contribution in [0.2, 0.25) is 0 Å². The van der Waals surface area contributed by atoms with Gasteiger partial charge in [-0.25, -0.2) is 4.98 Å². The Morgan fingerprint density at radius 3 is 2.56 bits per heavy atom. The van der Waals surface area contributed by atoms with Crippen LogP contribution in [0.15, 0.2) is 47.6 Å². The maximum atomic E-state index is 12.0. The van der Waals surface area contributed by atoms with Gasteiger partial charge >= 0.3 is 0 Å². The van der Waals surface area contributed by atoms with Crippen molar-refractivity contribution >= 4 is 39.7 Å². The summed E-state index contributed by atoms with van der Waals surface area (Å²) in [6.45, 7) is 7.93. The summed E-state index contributed by atoms with van der Waals surface area (Å²) in [6.07, 6.45) is 7.11. The van der Waals surface area contributed by atoms with E-state index in [1.54, 1.807) is 11.8 Å². The molecule has 0 atom stereocenters. The zero-order valence-corrected chi connectivity index (χ0v) is 22.5. The Kier molecular flexibility index (Phi) is 9.34. The van der Waals surface area contributed by atoms with Crippen LogP contribution in [-0.4, -0.2) is 38.0 Å². The lowest BCUT2D eigenvalue weighted by Gasteiger charge is -2.08. The summed E-state index contributed by atoms with van der Waals surface area (Å²) in [4.78, 5) is 16.9. The summed E-state index contributed by atoms with van der Waals surface area (Å²) in [5.74, 6) is 1.03. The number of unbranched alkanes of at least 4 members (excludes halogenated alkanes) is 4.